The highest BCUT2D eigenvalue weighted by atomic mass is 32.2. The molecule has 0 radical (unpaired) electrons. The van der Waals surface area contributed by atoms with Gasteiger partial charge in [0, 0.05) is 119 Å². The van der Waals surface area contributed by atoms with E-state index >= 15 is 0 Å². The van der Waals surface area contributed by atoms with Gasteiger partial charge in [-0.05, 0) is 152 Å². The summed E-state index contributed by atoms with van der Waals surface area (Å²) in [7, 11) is -2.93. The van der Waals surface area contributed by atoms with Crippen molar-refractivity contribution in [2.75, 3.05) is 206 Å². The van der Waals surface area contributed by atoms with Crippen LogP contribution in [-0.4, -0.2) is 320 Å². The number of anilines is 3. The lowest BCUT2D eigenvalue weighted by Crippen LogP contribution is -2.64. The second-order valence-corrected chi connectivity index (χ2v) is 38.4. The lowest BCUT2D eigenvalue weighted by atomic mass is 9.39. The van der Waals surface area contributed by atoms with Gasteiger partial charge in [0.25, 0.3) is 27.8 Å². The maximum atomic E-state index is 14.2. The monoisotopic (exact) mass is 1930 g/mol. The first-order chi connectivity index (χ1) is 65.3. The second kappa shape index (κ2) is 51.7. The van der Waals surface area contributed by atoms with Crippen LogP contribution in [0.4, 0.5) is 26.2 Å². The molecule has 4 aliphatic carbocycles. The van der Waals surface area contributed by atoms with Crippen LogP contribution in [0, 0.1) is 29.1 Å². The Labute approximate surface area is 795 Å². The number of thiazole rings is 1. The number of fused-ring (bicyclic) bond motifs is 2. The minimum absolute atomic E-state index is 0.00190. The molecular weight excluding hydrogens is 1810 g/mol. The fourth-order valence-electron chi connectivity index (χ4n) is 19.0. The number of imide groups is 1. The van der Waals surface area contributed by atoms with Crippen molar-refractivity contribution in [1.82, 2.24) is 50.4 Å². The van der Waals surface area contributed by atoms with E-state index in [2.05, 4.69) is 45.4 Å². The molecule has 4 saturated carbocycles. The molecule has 0 saturated heterocycles. The summed E-state index contributed by atoms with van der Waals surface area (Å²) in [5.74, 6) is -6.44. The molecule has 9 N–H and O–H groups in total. The highest BCUT2D eigenvalue weighted by Crippen LogP contribution is 2.72. The van der Waals surface area contributed by atoms with Gasteiger partial charge in [-0.15, -0.1) is 0 Å². The van der Waals surface area contributed by atoms with Gasteiger partial charge in [-0.1, -0.05) is 75.4 Å². The lowest BCUT2D eigenvalue weighted by molar-refractivity contribution is -0.248. The molecule has 3 aromatic heterocycles. The summed E-state index contributed by atoms with van der Waals surface area (Å²) >= 11 is 1.39. The fourth-order valence-corrected chi connectivity index (χ4v) is 20.3. The maximum Gasteiger partial charge on any atom is 0.410 e. The van der Waals surface area contributed by atoms with Crippen molar-refractivity contribution in [3.63, 3.8) is 0 Å². The van der Waals surface area contributed by atoms with E-state index in [0.29, 0.717) is 165 Å². The minimum atomic E-state index is -4.56. The van der Waals surface area contributed by atoms with Crippen LogP contribution in [0.1, 0.15) is 135 Å². The third-order valence-corrected chi connectivity index (χ3v) is 26.0. The van der Waals surface area contributed by atoms with Gasteiger partial charge in [-0.2, -0.15) is 13.5 Å². The Balaban J connectivity index is 0.615. The van der Waals surface area contributed by atoms with Crippen LogP contribution < -0.4 is 37.2 Å². The number of ether oxygens (including phenoxy) is 12. The molecule has 6 aromatic rings. The van der Waals surface area contributed by atoms with Gasteiger partial charge < -0.3 is 104 Å². The smallest absolute Gasteiger partial charge is 0.410 e. The van der Waals surface area contributed by atoms with Crippen LogP contribution >= 0.6 is 11.3 Å². The van der Waals surface area contributed by atoms with Crippen LogP contribution in [0.5, 0.6) is 0 Å². The number of hydrogen-bond acceptors (Lipinski definition) is 29. The molecule has 5 heterocycles. The Kier molecular flexibility index (Phi) is 40.3. The van der Waals surface area contributed by atoms with Gasteiger partial charge in [-0.3, -0.25) is 53.0 Å². The van der Waals surface area contributed by atoms with Crippen molar-refractivity contribution in [1.29, 1.82) is 0 Å². The summed E-state index contributed by atoms with van der Waals surface area (Å²) in [6.07, 6.45) is 8.94. The summed E-state index contributed by atoms with van der Waals surface area (Å²) in [5, 5.41) is 29.9. The average Bonchev–Trinajstić information content (AvgIpc) is 0.944. The quantitative estimate of drug-likeness (QED) is 0.0105. The first-order valence-corrected chi connectivity index (χ1v) is 48.6. The number of rotatable bonds is 62. The maximum absolute atomic E-state index is 14.2. The van der Waals surface area contributed by atoms with E-state index in [-0.39, 0.29) is 119 Å². The van der Waals surface area contributed by atoms with Crippen LogP contribution in [0.25, 0.3) is 21.3 Å². The molecule has 3 aromatic carbocycles. The number of methoxy groups -OCH3 is 1. The zero-order chi connectivity index (χ0) is 97.3. The molecule has 4 atom stereocenters. The molecule has 2 aliphatic heterocycles. The largest absolute Gasteiger partial charge is 0.476 e. The number of carbonyl (C=O) groups excluding carboxylic acids is 9. The Morgan fingerprint density at radius 3 is 1.85 bits per heavy atom. The van der Waals surface area contributed by atoms with Crippen molar-refractivity contribution in [3.8, 4) is 11.1 Å². The topological polar surface area (TPSA) is 499 Å². The lowest BCUT2D eigenvalue weighted by Gasteiger charge is -2.69. The molecular formula is C94H130N14O26S2. The molecule has 10 amide bonds. The van der Waals surface area contributed by atoms with Gasteiger partial charge in [0.1, 0.15) is 31.1 Å². The van der Waals surface area contributed by atoms with Gasteiger partial charge in [-0.25, -0.2) is 24.4 Å². The highest BCUT2D eigenvalue weighted by Gasteiger charge is 2.66. The van der Waals surface area contributed by atoms with Gasteiger partial charge >= 0.3 is 18.1 Å². The summed E-state index contributed by atoms with van der Waals surface area (Å²) in [5.41, 5.74) is 9.58. The van der Waals surface area contributed by atoms with E-state index in [1.807, 2.05) is 59.0 Å². The number of pyridine rings is 1. The average molecular weight is 1940 g/mol. The van der Waals surface area contributed by atoms with Crippen molar-refractivity contribution < 1.29 is 123 Å². The van der Waals surface area contributed by atoms with Crippen LogP contribution in [-0.2, 0) is 122 Å². The molecule has 12 rings (SSSR count). The van der Waals surface area contributed by atoms with E-state index in [9.17, 15) is 66.0 Å². The van der Waals surface area contributed by atoms with Crippen molar-refractivity contribution in [2.24, 2.45) is 27.9 Å². The third kappa shape index (κ3) is 32.3. The first-order valence-electron chi connectivity index (χ1n) is 46.1. The summed E-state index contributed by atoms with van der Waals surface area (Å²) < 4.78 is 105. The zero-order valence-electron chi connectivity index (χ0n) is 78.3. The van der Waals surface area contributed by atoms with E-state index in [1.165, 1.54) is 33.3 Å². The molecule has 40 nitrogen and oxygen atoms in total. The summed E-state index contributed by atoms with van der Waals surface area (Å²) in [6, 6.07) is 19.9. The number of aromatic carboxylic acids is 1. The van der Waals surface area contributed by atoms with Crippen molar-refractivity contribution >= 4 is 108 Å². The number of hydrogen-bond donors (Lipinski definition) is 8. The van der Waals surface area contributed by atoms with Gasteiger partial charge in [0.15, 0.2) is 10.8 Å². The molecule has 42 heteroatoms. The molecule has 0 spiro atoms. The number of nitrogens with one attached hydrogen (secondary N) is 5. The number of amides is 10. The number of carbonyl (C=O) groups is 10. The molecule has 2 unspecified atom stereocenters. The Hall–Kier alpha value is -10.6. The number of urea groups is 1. The molecule has 4 fully saturated rings. The Bertz CT molecular complexity index is 5100. The summed E-state index contributed by atoms with van der Waals surface area (Å²) in [4.78, 5) is 148. The van der Waals surface area contributed by atoms with Crippen LogP contribution in [0.15, 0.2) is 97.2 Å². The molecule has 6 aliphatic rings. The zero-order valence-corrected chi connectivity index (χ0v) is 80.0. The molecule has 744 valence electrons. The normalized spacial score (nSPS) is 18.7. The van der Waals surface area contributed by atoms with E-state index in [0.717, 1.165) is 82.6 Å². The van der Waals surface area contributed by atoms with Crippen molar-refractivity contribution in [2.45, 2.75) is 143 Å². The number of benzene rings is 3. The molecule has 136 heavy (non-hydrogen) atoms. The van der Waals surface area contributed by atoms with Gasteiger partial charge in [0.05, 0.1) is 147 Å². The highest BCUT2D eigenvalue weighted by molar-refractivity contribution is 7.85. The third-order valence-electron chi connectivity index (χ3n) is 24.3. The standard InChI is InChI=1S/C94H130N14O26S2/c1-65(2)82(102-78(109)26-29-104(81(112)56-107-79(110)23-24-80(107)111)30-35-126-41-44-129-46-48-131-50-52-132-51-49-130-47-45-128-43-40-125-34-11-33-124-39-42-127-38-37-123-6)86(115)99-75(15-10-27-96-88(95)118)85(114)98-69-19-17-67(18-20-69)57-133-90(119)105(32-53-136(120,121)122)31-36-134-94-61-91(4)58-92(5,62-94)60-93(59-91,63-94)64-108-66(3)72(54-97-108)70-21-22-77(101-83(70)87(116)117)106-28-25-68-12-9-13-71(73(68)55-106)84(113)103-89-100-74-14-7-8-16-76(74)135-89/h7-9,12-14,16-24,54,65,75,82H,10-11,15,25-53,55-64H2,1-6H3,(H,98,114)(H,99,115)(H,102,109)(H,116,117)(H3,95,96,118)(H,100,103,113)(H,120,121,122)/t75-,82-,91?,92?,93?,94?/m0/s1. The first kappa shape index (κ1) is 106. The number of aromatic nitrogens is 4. The number of nitrogens with two attached hydrogens (primary N) is 1. The van der Waals surface area contributed by atoms with E-state index in [1.54, 1.807) is 51.4 Å². The van der Waals surface area contributed by atoms with E-state index in [4.69, 9.17) is 72.7 Å². The number of para-hydroxylation sites is 1. The summed E-state index contributed by atoms with van der Waals surface area (Å²) in [6.45, 7) is 17.0. The van der Waals surface area contributed by atoms with Gasteiger partial charge in [0.2, 0.25) is 23.6 Å². The number of carboxylic acids is 1. The van der Waals surface area contributed by atoms with Crippen LogP contribution in [0.2, 0.25) is 0 Å². The predicted octanol–water partition coefficient (Wildman–Crippen LogP) is 7.38. The number of primary amides is 1. The Morgan fingerprint density at radius 2 is 1.25 bits per heavy atom. The SMILES string of the molecule is COCCOCCOCCCOCCOCCOCCOCCOCCOCCOCCN(CCC(=O)N[C@H](C(=O)N[C@@H](CCCNC(N)=O)C(=O)Nc1ccc(COC(=O)N(CCOC23CC4(C)CC(C)(CC(Cn5ncc(-c6ccc(N7CCc8cccc(C(=O)Nc9nc%10ccccc%10s9)c8C7)nc6C(=O)O)c5C)(C4)C2)C3)CCS(=O)(=O)O)cc1)C(C)C)C(=O)CN1C(=O)C=CC1=O. The minimum Gasteiger partial charge on any atom is -0.476 e. The predicted molar refractivity (Wildman–Crippen MR) is 501 cm³/mol. The van der Waals surface area contributed by atoms with Crippen molar-refractivity contribution in [3.05, 3.63) is 131 Å². The second-order valence-electron chi connectivity index (χ2n) is 35.8. The Morgan fingerprint density at radius 1 is 0.640 bits per heavy atom. The van der Waals surface area contributed by atoms with Crippen LogP contribution in [0.3, 0.4) is 0 Å². The van der Waals surface area contributed by atoms with E-state index < -0.39 is 106 Å². The number of nitrogens with zero attached hydrogens (tertiary/aromatic N) is 8. The fraction of sp³-hybridized carbons (Fsp3) is 0.585. The molecule has 4 bridgehead atoms. The number of carboxylic acid groups (broad SMARTS) is 1.